The van der Waals surface area contributed by atoms with Crippen LogP contribution in [0.3, 0.4) is 0 Å². The number of carbonyl (C=O) groups excluding carboxylic acids is 2. The van der Waals surface area contributed by atoms with Crippen LogP contribution in [0.15, 0.2) is 17.0 Å². The molecular weight excluding hydrogens is 286 g/mol. The van der Waals surface area contributed by atoms with Gasteiger partial charge in [-0.15, -0.1) is 22.7 Å². The SMILES string of the molecule is NC(=O)CNc1nc(CC(=O)Nc2nccs2)cs1. The topological polar surface area (TPSA) is 110 Å². The minimum atomic E-state index is -0.460. The molecule has 0 aliphatic heterocycles. The average Bonchev–Trinajstić information content (AvgIpc) is 2.98. The van der Waals surface area contributed by atoms with E-state index in [-0.39, 0.29) is 18.9 Å². The summed E-state index contributed by atoms with van der Waals surface area (Å²) < 4.78 is 0. The monoisotopic (exact) mass is 297 g/mol. The molecule has 0 aromatic carbocycles. The second kappa shape index (κ2) is 6.25. The molecule has 100 valence electrons. The number of rotatable bonds is 6. The van der Waals surface area contributed by atoms with Crippen molar-refractivity contribution >= 4 is 44.8 Å². The van der Waals surface area contributed by atoms with Gasteiger partial charge in [0.15, 0.2) is 10.3 Å². The summed E-state index contributed by atoms with van der Waals surface area (Å²) in [6.45, 7) is 0.0261. The summed E-state index contributed by atoms with van der Waals surface area (Å²) in [6.07, 6.45) is 1.78. The van der Waals surface area contributed by atoms with E-state index in [1.165, 1.54) is 22.7 Å². The van der Waals surface area contributed by atoms with Crippen molar-refractivity contribution in [3.8, 4) is 0 Å². The predicted octanol–water partition coefficient (Wildman–Crippen LogP) is 0.678. The first-order valence-electron chi connectivity index (χ1n) is 5.29. The molecule has 2 heterocycles. The lowest BCUT2D eigenvalue weighted by atomic mass is 10.3. The third kappa shape index (κ3) is 4.30. The van der Waals surface area contributed by atoms with E-state index in [1.807, 2.05) is 0 Å². The number of hydrogen-bond donors (Lipinski definition) is 3. The van der Waals surface area contributed by atoms with Crippen LogP contribution >= 0.6 is 22.7 Å². The lowest BCUT2D eigenvalue weighted by Crippen LogP contribution is -2.21. The zero-order chi connectivity index (χ0) is 13.7. The number of carbonyl (C=O) groups is 2. The van der Waals surface area contributed by atoms with Crippen molar-refractivity contribution in [3.63, 3.8) is 0 Å². The molecule has 2 amide bonds. The summed E-state index contributed by atoms with van der Waals surface area (Å²) in [4.78, 5) is 30.4. The first-order chi connectivity index (χ1) is 9.13. The maximum absolute atomic E-state index is 11.7. The van der Waals surface area contributed by atoms with Crippen molar-refractivity contribution in [1.29, 1.82) is 0 Å². The van der Waals surface area contributed by atoms with Crippen molar-refractivity contribution in [2.75, 3.05) is 17.2 Å². The number of thiazole rings is 2. The van der Waals surface area contributed by atoms with Crippen LogP contribution < -0.4 is 16.4 Å². The zero-order valence-corrected chi connectivity index (χ0v) is 11.4. The summed E-state index contributed by atoms with van der Waals surface area (Å²) in [5, 5.41) is 10.1. The average molecular weight is 297 g/mol. The Morgan fingerprint density at radius 2 is 2.16 bits per heavy atom. The maximum Gasteiger partial charge on any atom is 0.236 e. The van der Waals surface area contributed by atoms with Crippen LogP contribution in [0.5, 0.6) is 0 Å². The summed E-state index contributed by atoms with van der Waals surface area (Å²) >= 11 is 2.67. The molecular formula is C10H11N5O2S2. The van der Waals surface area contributed by atoms with Crippen molar-refractivity contribution in [1.82, 2.24) is 9.97 Å². The highest BCUT2D eigenvalue weighted by atomic mass is 32.1. The van der Waals surface area contributed by atoms with Crippen LogP contribution in [-0.4, -0.2) is 28.3 Å². The van der Waals surface area contributed by atoms with Gasteiger partial charge in [0.25, 0.3) is 0 Å². The first-order valence-corrected chi connectivity index (χ1v) is 7.05. The Hall–Kier alpha value is -2.00. The zero-order valence-electron chi connectivity index (χ0n) is 9.75. The van der Waals surface area contributed by atoms with Crippen molar-refractivity contribution in [3.05, 3.63) is 22.7 Å². The van der Waals surface area contributed by atoms with Gasteiger partial charge in [0, 0.05) is 17.0 Å². The van der Waals surface area contributed by atoms with E-state index in [9.17, 15) is 9.59 Å². The summed E-state index contributed by atoms with van der Waals surface area (Å²) in [7, 11) is 0. The molecule has 0 radical (unpaired) electrons. The summed E-state index contributed by atoms with van der Waals surface area (Å²) in [5.74, 6) is -0.639. The first kappa shape index (κ1) is 13.4. The fraction of sp³-hybridized carbons (Fsp3) is 0.200. The van der Waals surface area contributed by atoms with Gasteiger partial charge in [-0.2, -0.15) is 0 Å². The number of nitrogens with one attached hydrogen (secondary N) is 2. The van der Waals surface area contributed by atoms with E-state index in [4.69, 9.17) is 5.73 Å². The fourth-order valence-electron chi connectivity index (χ4n) is 1.25. The van der Waals surface area contributed by atoms with E-state index < -0.39 is 5.91 Å². The molecule has 2 aromatic heterocycles. The van der Waals surface area contributed by atoms with Gasteiger partial charge in [0.05, 0.1) is 18.7 Å². The number of hydrogen-bond acceptors (Lipinski definition) is 7. The predicted molar refractivity (Wildman–Crippen MR) is 74.2 cm³/mol. The van der Waals surface area contributed by atoms with E-state index in [0.29, 0.717) is 16.0 Å². The molecule has 19 heavy (non-hydrogen) atoms. The van der Waals surface area contributed by atoms with Crippen molar-refractivity contribution in [2.24, 2.45) is 5.73 Å². The van der Waals surface area contributed by atoms with Gasteiger partial charge < -0.3 is 16.4 Å². The molecule has 0 unspecified atom stereocenters. The largest absolute Gasteiger partial charge is 0.368 e. The van der Waals surface area contributed by atoms with Crippen LogP contribution in [-0.2, 0) is 16.0 Å². The van der Waals surface area contributed by atoms with Gasteiger partial charge in [-0.3, -0.25) is 9.59 Å². The number of primary amides is 1. The highest BCUT2D eigenvalue weighted by Crippen LogP contribution is 2.16. The molecule has 0 saturated carbocycles. The van der Waals surface area contributed by atoms with E-state index in [1.54, 1.807) is 17.0 Å². The molecule has 0 atom stereocenters. The molecule has 0 bridgehead atoms. The molecule has 0 fully saturated rings. The normalized spacial score (nSPS) is 10.1. The Morgan fingerprint density at radius 1 is 1.32 bits per heavy atom. The van der Waals surface area contributed by atoms with Gasteiger partial charge >= 0.3 is 0 Å². The smallest absolute Gasteiger partial charge is 0.236 e. The Labute approximate surface area is 116 Å². The Morgan fingerprint density at radius 3 is 2.84 bits per heavy atom. The van der Waals surface area contributed by atoms with Crippen LogP contribution in [0.4, 0.5) is 10.3 Å². The number of aromatic nitrogens is 2. The fourth-order valence-corrected chi connectivity index (χ4v) is 2.50. The van der Waals surface area contributed by atoms with Gasteiger partial charge in [-0.05, 0) is 0 Å². The Balaban J connectivity index is 1.85. The molecule has 2 aromatic rings. The standard InChI is InChI=1S/C10H11N5O2S2/c11-7(16)4-13-10-14-6(5-19-10)3-8(17)15-9-12-1-2-18-9/h1-2,5H,3-4H2,(H2,11,16)(H,13,14)(H,12,15,17). The molecule has 2 rings (SSSR count). The third-order valence-corrected chi connectivity index (χ3v) is 3.52. The lowest BCUT2D eigenvalue weighted by molar-refractivity contribution is -0.117. The molecule has 0 aliphatic rings. The number of amides is 2. The maximum atomic E-state index is 11.7. The molecule has 0 saturated heterocycles. The van der Waals surface area contributed by atoms with Gasteiger partial charge in [-0.1, -0.05) is 0 Å². The van der Waals surface area contributed by atoms with Gasteiger partial charge in [-0.25, -0.2) is 9.97 Å². The van der Waals surface area contributed by atoms with E-state index in [2.05, 4.69) is 20.6 Å². The second-order valence-electron chi connectivity index (χ2n) is 3.53. The number of nitrogens with two attached hydrogens (primary N) is 1. The third-order valence-electron chi connectivity index (χ3n) is 1.99. The highest BCUT2D eigenvalue weighted by molar-refractivity contribution is 7.14. The minimum Gasteiger partial charge on any atom is -0.368 e. The van der Waals surface area contributed by atoms with Crippen LogP contribution in [0, 0.1) is 0 Å². The molecule has 9 heteroatoms. The van der Waals surface area contributed by atoms with Crippen molar-refractivity contribution < 1.29 is 9.59 Å². The van der Waals surface area contributed by atoms with Crippen LogP contribution in [0.25, 0.3) is 0 Å². The summed E-state index contributed by atoms with van der Waals surface area (Å²) in [6, 6.07) is 0. The molecule has 4 N–H and O–H groups in total. The van der Waals surface area contributed by atoms with Crippen molar-refractivity contribution in [2.45, 2.75) is 6.42 Å². The molecule has 0 spiro atoms. The summed E-state index contributed by atoms with van der Waals surface area (Å²) in [5.41, 5.74) is 5.64. The molecule has 7 nitrogen and oxygen atoms in total. The van der Waals surface area contributed by atoms with E-state index >= 15 is 0 Å². The van der Waals surface area contributed by atoms with Crippen LogP contribution in [0.2, 0.25) is 0 Å². The van der Waals surface area contributed by atoms with Gasteiger partial charge in [0.1, 0.15) is 0 Å². The number of anilines is 2. The Bertz CT molecular complexity index is 566. The Kier molecular flexibility index (Phi) is 4.42. The van der Waals surface area contributed by atoms with E-state index in [0.717, 1.165) is 0 Å². The minimum absolute atomic E-state index is 0.0261. The number of nitrogens with zero attached hydrogens (tertiary/aromatic N) is 2. The quantitative estimate of drug-likeness (QED) is 0.726. The van der Waals surface area contributed by atoms with Gasteiger partial charge in [0.2, 0.25) is 11.8 Å². The lowest BCUT2D eigenvalue weighted by Gasteiger charge is -1.99. The highest BCUT2D eigenvalue weighted by Gasteiger charge is 2.09. The second-order valence-corrected chi connectivity index (χ2v) is 5.28. The molecule has 0 aliphatic carbocycles. The van der Waals surface area contributed by atoms with Crippen LogP contribution in [0.1, 0.15) is 5.69 Å².